The minimum Gasteiger partial charge on any atom is -0.355 e. The van der Waals surface area contributed by atoms with E-state index < -0.39 is 0 Å². The van der Waals surface area contributed by atoms with Crippen LogP contribution in [0.5, 0.6) is 0 Å². The fraction of sp³-hybridized carbons (Fsp3) is 0.529. The zero-order chi connectivity index (χ0) is 15.7. The molecule has 1 aliphatic heterocycles. The van der Waals surface area contributed by atoms with Gasteiger partial charge in [0.05, 0.1) is 11.8 Å². The number of carbonyl (C=O) groups excluding carboxylic acids is 2. The predicted octanol–water partition coefficient (Wildman–Crippen LogP) is 0.890. The van der Waals surface area contributed by atoms with Gasteiger partial charge in [-0.1, -0.05) is 18.2 Å². The Morgan fingerprint density at radius 3 is 2.82 bits per heavy atom. The molecule has 1 aromatic rings. The van der Waals surface area contributed by atoms with Crippen LogP contribution in [-0.4, -0.2) is 50.4 Å². The molecule has 2 atom stereocenters. The van der Waals surface area contributed by atoms with E-state index in [9.17, 15) is 9.59 Å². The van der Waals surface area contributed by atoms with E-state index >= 15 is 0 Å². The van der Waals surface area contributed by atoms with Crippen molar-refractivity contribution in [3.05, 3.63) is 29.8 Å². The van der Waals surface area contributed by atoms with Crippen LogP contribution in [-0.2, 0) is 16.0 Å². The molecule has 0 bridgehead atoms. The summed E-state index contributed by atoms with van der Waals surface area (Å²) in [6.45, 7) is 2.19. The maximum atomic E-state index is 12.6. The first-order chi connectivity index (χ1) is 10.6. The van der Waals surface area contributed by atoms with Gasteiger partial charge in [0.1, 0.15) is 0 Å². The third-order valence-electron chi connectivity index (χ3n) is 4.46. The van der Waals surface area contributed by atoms with E-state index in [0.29, 0.717) is 13.0 Å². The van der Waals surface area contributed by atoms with E-state index in [1.165, 1.54) is 5.56 Å². The van der Waals surface area contributed by atoms with Crippen LogP contribution in [0.2, 0.25) is 0 Å². The quantitative estimate of drug-likeness (QED) is 0.879. The number of rotatable bonds is 5. The van der Waals surface area contributed by atoms with Crippen molar-refractivity contribution in [2.45, 2.75) is 12.8 Å². The lowest BCUT2D eigenvalue weighted by atomic mass is 10.2. The van der Waals surface area contributed by atoms with E-state index in [1.807, 2.05) is 42.1 Å². The second-order valence-corrected chi connectivity index (χ2v) is 6.41. The Kier molecular flexibility index (Phi) is 4.16. The Hall–Kier alpha value is -1.88. The first-order valence-electron chi connectivity index (χ1n) is 7.89. The van der Waals surface area contributed by atoms with E-state index in [1.54, 1.807) is 0 Å². The smallest absolute Gasteiger partial charge is 0.230 e. The number of hydrogen-bond acceptors (Lipinski definition) is 3. The summed E-state index contributed by atoms with van der Waals surface area (Å²) in [5.74, 6) is -0.140. The molecule has 2 unspecified atom stereocenters. The monoisotopic (exact) mass is 301 g/mol. The third-order valence-corrected chi connectivity index (χ3v) is 4.46. The van der Waals surface area contributed by atoms with Crippen molar-refractivity contribution in [2.75, 3.05) is 38.6 Å². The molecule has 0 saturated heterocycles. The molecule has 5 heteroatoms. The highest BCUT2D eigenvalue weighted by Crippen LogP contribution is 2.42. The van der Waals surface area contributed by atoms with Crippen molar-refractivity contribution in [1.82, 2.24) is 10.2 Å². The molecule has 1 saturated carbocycles. The number of likely N-dealkylation sites (N-methyl/N-ethyl adjacent to an activating group) is 1. The van der Waals surface area contributed by atoms with Crippen LogP contribution in [0.1, 0.15) is 12.0 Å². The van der Waals surface area contributed by atoms with E-state index in [-0.39, 0.29) is 23.7 Å². The van der Waals surface area contributed by atoms with Gasteiger partial charge in [0, 0.05) is 25.3 Å². The molecular weight excluding hydrogens is 278 g/mol. The normalized spacial score (nSPS) is 22.6. The van der Waals surface area contributed by atoms with Gasteiger partial charge in [-0.05, 0) is 38.6 Å². The van der Waals surface area contributed by atoms with Gasteiger partial charge in [0.15, 0.2) is 0 Å². The molecule has 0 spiro atoms. The van der Waals surface area contributed by atoms with Gasteiger partial charge in [0.25, 0.3) is 0 Å². The number of nitrogens with zero attached hydrogens (tertiary/aromatic N) is 2. The molecule has 1 aromatic carbocycles. The highest BCUT2D eigenvalue weighted by molar-refractivity contribution is 6.02. The Bertz CT molecular complexity index is 585. The molecule has 0 aromatic heterocycles. The van der Waals surface area contributed by atoms with Gasteiger partial charge >= 0.3 is 0 Å². The summed E-state index contributed by atoms with van der Waals surface area (Å²) in [7, 11) is 3.95. The number of benzene rings is 1. The van der Waals surface area contributed by atoms with Gasteiger partial charge < -0.3 is 15.1 Å². The summed E-state index contributed by atoms with van der Waals surface area (Å²) < 4.78 is 0. The molecule has 1 N–H and O–H groups in total. The Morgan fingerprint density at radius 1 is 1.27 bits per heavy atom. The summed E-state index contributed by atoms with van der Waals surface area (Å²) in [6, 6.07) is 8.03. The highest BCUT2D eigenvalue weighted by atomic mass is 16.2. The second-order valence-electron chi connectivity index (χ2n) is 6.41. The number of carbonyl (C=O) groups is 2. The largest absolute Gasteiger partial charge is 0.355 e. The highest BCUT2D eigenvalue weighted by Gasteiger charge is 2.50. The molecule has 1 heterocycles. The van der Waals surface area contributed by atoms with Gasteiger partial charge in [-0.2, -0.15) is 0 Å². The zero-order valence-corrected chi connectivity index (χ0v) is 13.2. The lowest BCUT2D eigenvalue weighted by Gasteiger charge is -2.17. The third kappa shape index (κ3) is 2.99. The lowest BCUT2D eigenvalue weighted by Crippen LogP contribution is -2.35. The Morgan fingerprint density at radius 2 is 2.05 bits per heavy atom. The fourth-order valence-electron chi connectivity index (χ4n) is 3.06. The zero-order valence-electron chi connectivity index (χ0n) is 13.2. The van der Waals surface area contributed by atoms with Crippen LogP contribution in [0, 0.1) is 11.8 Å². The van der Waals surface area contributed by atoms with Crippen LogP contribution in [0.4, 0.5) is 5.69 Å². The molecule has 3 rings (SSSR count). The number of amides is 2. The van der Waals surface area contributed by atoms with Crippen LogP contribution < -0.4 is 10.2 Å². The topological polar surface area (TPSA) is 52.7 Å². The molecule has 2 aliphatic rings. The van der Waals surface area contributed by atoms with Gasteiger partial charge in [-0.3, -0.25) is 9.59 Å². The molecule has 0 radical (unpaired) electrons. The maximum absolute atomic E-state index is 12.6. The molecule has 1 aliphatic carbocycles. The summed E-state index contributed by atoms with van der Waals surface area (Å²) in [5, 5.41) is 2.92. The Balaban J connectivity index is 1.54. The summed E-state index contributed by atoms with van der Waals surface area (Å²) >= 11 is 0. The molecule has 22 heavy (non-hydrogen) atoms. The Labute approximate surface area is 131 Å². The van der Waals surface area contributed by atoms with Gasteiger partial charge in [-0.25, -0.2) is 0 Å². The molecule has 118 valence electrons. The number of hydrogen-bond donors (Lipinski definition) is 1. The van der Waals surface area contributed by atoms with Crippen molar-refractivity contribution in [3.63, 3.8) is 0 Å². The van der Waals surface area contributed by atoms with Crippen molar-refractivity contribution in [3.8, 4) is 0 Å². The first-order valence-corrected chi connectivity index (χ1v) is 7.89. The first kappa shape index (κ1) is 15.0. The van der Waals surface area contributed by atoms with E-state index in [4.69, 9.17) is 0 Å². The fourth-order valence-corrected chi connectivity index (χ4v) is 3.06. The molecule has 2 amide bonds. The minimum atomic E-state index is -0.137. The summed E-state index contributed by atoms with van der Waals surface area (Å²) in [5.41, 5.74) is 2.25. The summed E-state index contributed by atoms with van der Waals surface area (Å²) in [6.07, 6.45) is 1.60. The average Bonchev–Trinajstić information content (AvgIpc) is 3.18. The minimum absolute atomic E-state index is 0.0210. The molecule has 5 nitrogen and oxygen atoms in total. The predicted molar refractivity (Wildman–Crippen MR) is 85.7 cm³/mol. The lowest BCUT2D eigenvalue weighted by molar-refractivity contribution is -0.126. The van der Waals surface area contributed by atoms with E-state index in [2.05, 4.69) is 11.4 Å². The molecular formula is C17H23N3O2. The molecule has 1 fully saturated rings. The summed E-state index contributed by atoms with van der Waals surface area (Å²) in [4.78, 5) is 28.5. The standard InChI is InChI=1S/C17H23N3O2/c1-19(2)10-8-18-16(21)13-11-14(13)17(22)20-9-7-12-5-3-4-6-15(12)20/h3-6,13-14H,7-11H2,1-2H3,(H,18,21). The van der Waals surface area contributed by atoms with Crippen LogP contribution >= 0.6 is 0 Å². The van der Waals surface area contributed by atoms with Crippen molar-refractivity contribution >= 4 is 17.5 Å². The van der Waals surface area contributed by atoms with Crippen molar-refractivity contribution < 1.29 is 9.59 Å². The number of nitrogens with one attached hydrogen (secondary N) is 1. The number of para-hydroxylation sites is 1. The van der Waals surface area contributed by atoms with Crippen LogP contribution in [0.3, 0.4) is 0 Å². The van der Waals surface area contributed by atoms with Crippen molar-refractivity contribution in [1.29, 1.82) is 0 Å². The van der Waals surface area contributed by atoms with Crippen LogP contribution in [0.25, 0.3) is 0 Å². The maximum Gasteiger partial charge on any atom is 0.230 e. The van der Waals surface area contributed by atoms with E-state index in [0.717, 1.165) is 25.2 Å². The average molecular weight is 301 g/mol. The van der Waals surface area contributed by atoms with Crippen LogP contribution in [0.15, 0.2) is 24.3 Å². The second kappa shape index (κ2) is 6.08. The number of anilines is 1. The van der Waals surface area contributed by atoms with Gasteiger partial charge in [-0.15, -0.1) is 0 Å². The van der Waals surface area contributed by atoms with Crippen molar-refractivity contribution in [2.24, 2.45) is 11.8 Å². The van der Waals surface area contributed by atoms with Gasteiger partial charge in [0.2, 0.25) is 11.8 Å². The SMILES string of the molecule is CN(C)CCNC(=O)C1CC1C(=O)N1CCc2ccccc21. The number of fused-ring (bicyclic) bond motifs is 1.